The van der Waals surface area contributed by atoms with Crippen LogP contribution in [0.25, 0.3) is 0 Å². The largest absolute Gasteiger partial charge is 0.373 e. The van der Waals surface area contributed by atoms with E-state index in [9.17, 15) is 18.5 Å². The molecule has 1 heterocycles. The fraction of sp³-hybridized carbons (Fsp3) is 0.238. The first-order valence-electron chi connectivity index (χ1n) is 9.19. The van der Waals surface area contributed by atoms with Crippen molar-refractivity contribution in [1.82, 2.24) is 9.21 Å². The number of nitrogens with zero attached hydrogens (tertiary/aromatic N) is 3. The summed E-state index contributed by atoms with van der Waals surface area (Å²) in [6, 6.07) is 17.5. The van der Waals surface area contributed by atoms with Crippen LogP contribution in [0.5, 0.6) is 0 Å². The van der Waals surface area contributed by atoms with E-state index in [2.05, 4.69) is 5.32 Å². The highest BCUT2D eigenvalue weighted by Gasteiger charge is 2.28. The molecule has 0 spiro atoms. The van der Waals surface area contributed by atoms with Gasteiger partial charge in [-0.1, -0.05) is 35.9 Å². The van der Waals surface area contributed by atoms with Gasteiger partial charge in [-0.05, 0) is 31.2 Å². The van der Waals surface area contributed by atoms with Gasteiger partial charge in [-0.25, -0.2) is 8.42 Å². The molecule has 0 unspecified atom stereocenters. The number of hydrogen-bond acceptors (Lipinski definition) is 5. The summed E-state index contributed by atoms with van der Waals surface area (Å²) in [5.74, 6) is -0.490. The number of piperazine rings is 1. The van der Waals surface area contributed by atoms with Gasteiger partial charge in [0.1, 0.15) is 11.6 Å². The predicted molar refractivity (Wildman–Crippen MR) is 110 cm³/mol. The number of nitriles is 1. The summed E-state index contributed by atoms with van der Waals surface area (Å²) in [7, 11) is -3.54. The van der Waals surface area contributed by atoms with Crippen molar-refractivity contribution < 1.29 is 13.2 Å². The van der Waals surface area contributed by atoms with Crippen molar-refractivity contribution in [1.29, 1.82) is 5.26 Å². The Morgan fingerprint density at radius 2 is 1.66 bits per heavy atom. The zero-order valence-corrected chi connectivity index (χ0v) is 16.9. The smallest absolute Gasteiger partial charge is 0.267 e. The maximum absolute atomic E-state index is 12.7. The van der Waals surface area contributed by atoms with Gasteiger partial charge < -0.3 is 10.2 Å². The summed E-state index contributed by atoms with van der Waals surface area (Å²) in [5, 5.41) is 12.1. The third kappa shape index (κ3) is 5.02. The molecule has 150 valence electrons. The monoisotopic (exact) mass is 410 g/mol. The maximum atomic E-state index is 12.7. The summed E-state index contributed by atoms with van der Waals surface area (Å²) < 4.78 is 26.8. The number of hydrogen-bond donors (Lipinski definition) is 1. The molecule has 0 aromatic heterocycles. The molecule has 0 bridgehead atoms. The summed E-state index contributed by atoms with van der Waals surface area (Å²) in [6.45, 7) is 3.31. The fourth-order valence-electron chi connectivity index (χ4n) is 2.97. The normalized spacial score (nSPS) is 15.6. The molecule has 1 amide bonds. The topological polar surface area (TPSA) is 93.5 Å². The molecule has 1 saturated heterocycles. The number of anilines is 1. The highest BCUT2D eigenvalue weighted by molar-refractivity contribution is 7.89. The summed E-state index contributed by atoms with van der Waals surface area (Å²) >= 11 is 0. The standard InChI is InChI=1S/C21H22N4O3S/c1-17-7-9-19(10-8-17)23-21(26)18(15-22)16-24-11-13-25(14-12-24)29(27,28)20-5-3-2-4-6-20/h2-10,16H,11-14H2,1H3,(H,23,26)/b18-16-. The SMILES string of the molecule is Cc1ccc(NC(=O)/C(C#N)=C\N2CCN(S(=O)(=O)c3ccccc3)CC2)cc1. The molecular weight excluding hydrogens is 388 g/mol. The summed E-state index contributed by atoms with van der Waals surface area (Å²) in [6.07, 6.45) is 1.50. The van der Waals surface area contributed by atoms with E-state index in [-0.39, 0.29) is 23.6 Å². The van der Waals surface area contributed by atoms with E-state index < -0.39 is 15.9 Å². The molecule has 0 atom stereocenters. The summed E-state index contributed by atoms with van der Waals surface area (Å²) in [5.41, 5.74) is 1.66. The lowest BCUT2D eigenvalue weighted by atomic mass is 10.2. The van der Waals surface area contributed by atoms with Crippen molar-refractivity contribution in [2.45, 2.75) is 11.8 Å². The minimum atomic E-state index is -3.54. The van der Waals surface area contributed by atoms with E-state index in [1.54, 1.807) is 47.4 Å². The van der Waals surface area contributed by atoms with E-state index in [1.165, 1.54) is 10.5 Å². The van der Waals surface area contributed by atoms with Gasteiger partial charge in [0.25, 0.3) is 5.91 Å². The van der Waals surface area contributed by atoms with E-state index >= 15 is 0 Å². The lowest BCUT2D eigenvalue weighted by Crippen LogP contribution is -2.46. The average molecular weight is 410 g/mol. The number of benzene rings is 2. The van der Waals surface area contributed by atoms with Gasteiger partial charge >= 0.3 is 0 Å². The Bertz CT molecular complexity index is 1030. The molecule has 0 radical (unpaired) electrons. The van der Waals surface area contributed by atoms with Gasteiger partial charge in [-0.15, -0.1) is 0 Å². The van der Waals surface area contributed by atoms with Crippen molar-refractivity contribution in [3.8, 4) is 6.07 Å². The Labute approximate surface area is 170 Å². The van der Waals surface area contributed by atoms with E-state index in [0.717, 1.165) is 5.56 Å². The van der Waals surface area contributed by atoms with Crippen LogP contribution in [0.4, 0.5) is 5.69 Å². The molecule has 1 fully saturated rings. The lowest BCUT2D eigenvalue weighted by molar-refractivity contribution is -0.112. The van der Waals surface area contributed by atoms with E-state index in [0.29, 0.717) is 18.8 Å². The molecule has 0 aliphatic carbocycles. The number of sulfonamides is 1. The van der Waals surface area contributed by atoms with Crippen LogP contribution >= 0.6 is 0 Å². The Balaban J connectivity index is 1.63. The van der Waals surface area contributed by atoms with Gasteiger partial charge in [-0.3, -0.25) is 4.79 Å². The van der Waals surface area contributed by atoms with E-state index in [4.69, 9.17) is 0 Å². The van der Waals surface area contributed by atoms with Gasteiger partial charge in [0.2, 0.25) is 10.0 Å². The first kappa shape index (κ1) is 20.6. The first-order valence-corrected chi connectivity index (χ1v) is 10.6. The van der Waals surface area contributed by atoms with Crippen LogP contribution < -0.4 is 5.32 Å². The Morgan fingerprint density at radius 3 is 2.24 bits per heavy atom. The molecule has 2 aromatic carbocycles. The van der Waals surface area contributed by atoms with Gasteiger partial charge in [0.05, 0.1) is 4.90 Å². The Kier molecular flexibility index (Phi) is 6.32. The highest BCUT2D eigenvalue weighted by atomic mass is 32.2. The average Bonchev–Trinajstić information content (AvgIpc) is 2.74. The molecule has 2 aromatic rings. The van der Waals surface area contributed by atoms with Crippen LogP contribution in [0, 0.1) is 18.3 Å². The number of rotatable bonds is 5. The fourth-order valence-corrected chi connectivity index (χ4v) is 4.41. The van der Waals surface area contributed by atoms with E-state index in [1.807, 2.05) is 25.1 Å². The number of nitrogens with one attached hydrogen (secondary N) is 1. The van der Waals surface area contributed by atoms with Crippen molar-refractivity contribution in [2.75, 3.05) is 31.5 Å². The Hall–Kier alpha value is -3.15. The molecule has 1 aliphatic heterocycles. The van der Waals surface area contributed by atoms with Crippen LogP contribution in [-0.2, 0) is 14.8 Å². The molecular formula is C21H22N4O3S. The molecule has 3 rings (SSSR count). The zero-order chi connectivity index (χ0) is 20.9. The zero-order valence-electron chi connectivity index (χ0n) is 16.1. The lowest BCUT2D eigenvalue weighted by Gasteiger charge is -2.33. The number of carbonyl (C=O) groups is 1. The molecule has 7 nitrogen and oxygen atoms in total. The van der Waals surface area contributed by atoms with Gasteiger partial charge in [-0.2, -0.15) is 9.57 Å². The second kappa shape index (κ2) is 8.90. The summed E-state index contributed by atoms with van der Waals surface area (Å²) in [4.78, 5) is 14.4. The first-order chi connectivity index (χ1) is 13.9. The van der Waals surface area contributed by atoms with Crippen molar-refractivity contribution >= 4 is 21.6 Å². The van der Waals surface area contributed by atoms with Gasteiger partial charge in [0.15, 0.2) is 0 Å². The number of amides is 1. The second-order valence-corrected chi connectivity index (χ2v) is 8.67. The van der Waals surface area contributed by atoms with Crippen molar-refractivity contribution in [3.63, 3.8) is 0 Å². The molecule has 1 aliphatic rings. The molecule has 8 heteroatoms. The minimum absolute atomic E-state index is 0.0232. The molecule has 29 heavy (non-hydrogen) atoms. The number of aryl methyl sites for hydroxylation is 1. The Morgan fingerprint density at radius 1 is 1.03 bits per heavy atom. The minimum Gasteiger partial charge on any atom is -0.373 e. The number of carbonyl (C=O) groups excluding carboxylic acids is 1. The second-order valence-electron chi connectivity index (χ2n) is 6.73. The van der Waals surface area contributed by atoms with Gasteiger partial charge in [0, 0.05) is 38.1 Å². The van der Waals surface area contributed by atoms with Crippen LogP contribution in [-0.4, -0.2) is 49.7 Å². The quantitative estimate of drug-likeness (QED) is 0.603. The van der Waals surface area contributed by atoms with Crippen LogP contribution in [0.15, 0.2) is 71.3 Å². The van der Waals surface area contributed by atoms with Crippen molar-refractivity contribution in [2.24, 2.45) is 0 Å². The van der Waals surface area contributed by atoms with Crippen LogP contribution in [0.1, 0.15) is 5.56 Å². The molecule has 0 saturated carbocycles. The molecule has 1 N–H and O–H groups in total. The highest BCUT2D eigenvalue weighted by Crippen LogP contribution is 2.18. The third-order valence-electron chi connectivity index (χ3n) is 4.64. The van der Waals surface area contributed by atoms with Crippen LogP contribution in [0.3, 0.4) is 0 Å². The third-order valence-corrected chi connectivity index (χ3v) is 6.55. The van der Waals surface area contributed by atoms with Crippen molar-refractivity contribution in [3.05, 3.63) is 71.9 Å². The van der Waals surface area contributed by atoms with Crippen LogP contribution in [0.2, 0.25) is 0 Å². The predicted octanol–water partition coefficient (Wildman–Crippen LogP) is 2.35. The maximum Gasteiger partial charge on any atom is 0.267 e.